The summed E-state index contributed by atoms with van der Waals surface area (Å²) >= 11 is 9.11. The van der Waals surface area contributed by atoms with Crippen molar-refractivity contribution < 1.29 is 4.79 Å². The van der Waals surface area contributed by atoms with Crippen LogP contribution in [0.25, 0.3) is 0 Å². The quantitative estimate of drug-likeness (QED) is 0.802. The van der Waals surface area contributed by atoms with E-state index < -0.39 is 0 Å². The summed E-state index contributed by atoms with van der Waals surface area (Å²) in [6, 6.07) is 3.56. The normalized spacial score (nSPS) is 12.3. The van der Waals surface area contributed by atoms with Gasteiger partial charge in [0.05, 0.1) is 0 Å². The summed E-state index contributed by atoms with van der Waals surface area (Å²) in [7, 11) is 1.71. The van der Waals surface area contributed by atoms with Crippen LogP contribution in [-0.4, -0.2) is 34.8 Å². The molecule has 0 N–H and O–H groups in total. The van der Waals surface area contributed by atoms with Crippen molar-refractivity contribution in [1.82, 2.24) is 9.88 Å². The molecule has 1 aromatic heterocycles. The molecule has 1 heterocycles. The minimum absolute atomic E-state index is 0.0681. The molecule has 0 saturated carbocycles. The number of hydrogen-bond donors (Lipinski definition) is 0. The zero-order chi connectivity index (χ0) is 11.4. The van der Waals surface area contributed by atoms with Gasteiger partial charge in [-0.05, 0) is 35.0 Å². The number of aromatic nitrogens is 1. The Hall–Kier alpha value is -0.610. The molecule has 1 unspecified atom stereocenters. The number of nitrogens with zero attached hydrogens (tertiary/aromatic N) is 2. The van der Waals surface area contributed by atoms with Crippen LogP contribution < -0.4 is 0 Å². The highest BCUT2D eigenvalue weighted by molar-refractivity contribution is 9.10. The van der Waals surface area contributed by atoms with Crippen molar-refractivity contribution in [2.45, 2.75) is 12.3 Å². The SMILES string of the molecule is CC(Cl)CN(C)C(=O)c1ncccc1Br. The van der Waals surface area contributed by atoms with E-state index in [1.807, 2.05) is 6.92 Å². The van der Waals surface area contributed by atoms with Crippen LogP contribution in [0.3, 0.4) is 0 Å². The molecule has 0 aliphatic carbocycles. The molecule has 1 amide bonds. The summed E-state index contributed by atoms with van der Waals surface area (Å²) in [5.74, 6) is -0.130. The van der Waals surface area contributed by atoms with Gasteiger partial charge in [0.15, 0.2) is 0 Å². The van der Waals surface area contributed by atoms with Gasteiger partial charge in [-0.3, -0.25) is 4.79 Å². The summed E-state index contributed by atoms with van der Waals surface area (Å²) in [5, 5.41) is -0.0681. The number of rotatable bonds is 3. The molecule has 82 valence electrons. The van der Waals surface area contributed by atoms with Crippen molar-refractivity contribution in [3.8, 4) is 0 Å². The average molecular weight is 292 g/mol. The second kappa shape index (κ2) is 5.47. The molecule has 0 aliphatic rings. The highest BCUT2D eigenvalue weighted by Gasteiger charge is 2.16. The van der Waals surface area contributed by atoms with E-state index in [1.165, 1.54) is 0 Å². The van der Waals surface area contributed by atoms with Gasteiger partial charge in [-0.2, -0.15) is 0 Å². The van der Waals surface area contributed by atoms with Crippen LogP contribution in [0.5, 0.6) is 0 Å². The van der Waals surface area contributed by atoms with E-state index in [0.29, 0.717) is 16.7 Å². The molecule has 0 fully saturated rings. The first kappa shape index (κ1) is 12.5. The third-order valence-electron chi connectivity index (χ3n) is 1.83. The molecule has 0 bridgehead atoms. The van der Waals surface area contributed by atoms with Crippen molar-refractivity contribution in [2.75, 3.05) is 13.6 Å². The lowest BCUT2D eigenvalue weighted by Gasteiger charge is -2.18. The molecule has 3 nitrogen and oxygen atoms in total. The molecule has 1 rings (SSSR count). The van der Waals surface area contributed by atoms with Gasteiger partial charge in [0, 0.05) is 29.6 Å². The van der Waals surface area contributed by atoms with Crippen LogP contribution in [0.1, 0.15) is 17.4 Å². The van der Waals surface area contributed by atoms with Gasteiger partial charge in [-0.15, -0.1) is 11.6 Å². The summed E-state index contributed by atoms with van der Waals surface area (Å²) in [6.07, 6.45) is 1.59. The Kier molecular flexibility index (Phi) is 4.54. The van der Waals surface area contributed by atoms with Crippen molar-refractivity contribution in [2.24, 2.45) is 0 Å². The first-order valence-corrected chi connectivity index (χ1v) is 5.75. The Morgan fingerprint density at radius 1 is 1.73 bits per heavy atom. The van der Waals surface area contributed by atoms with Crippen LogP contribution >= 0.6 is 27.5 Å². The van der Waals surface area contributed by atoms with Gasteiger partial charge in [0.2, 0.25) is 0 Å². The van der Waals surface area contributed by atoms with Gasteiger partial charge in [0.1, 0.15) is 5.69 Å². The van der Waals surface area contributed by atoms with E-state index in [2.05, 4.69) is 20.9 Å². The maximum atomic E-state index is 11.9. The molecule has 0 spiro atoms. The third kappa shape index (κ3) is 3.47. The maximum Gasteiger partial charge on any atom is 0.273 e. The van der Waals surface area contributed by atoms with E-state index >= 15 is 0 Å². The zero-order valence-electron chi connectivity index (χ0n) is 8.58. The molecule has 0 aromatic carbocycles. The number of pyridine rings is 1. The van der Waals surface area contributed by atoms with E-state index in [4.69, 9.17) is 11.6 Å². The van der Waals surface area contributed by atoms with Crippen molar-refractivity contribution in [3.63, 3.8) is 0 Å². The average Bonchev–Trinajstić information content (AvgIpc) is 2.16. The predicted octanol–water partition coefficient (Wildman–Crippen LogP) is 2.54. The predicted molar refractivity (Wildman–Crippen MR) is 64.2 cm³/mol. The molecule has 0 radical (unpaired) electrons. The lowest BCUT2D eigenvalue weighted by Crippen LogP contribution is -2.32. The van der Waals surface area contributed by atoms with Crippen LogP contribution in [0.2, 0.25) is 0 Å². The molecular weight excluding hydrogens is 279 g/mol. The summed E-state index contributed by atoms with van der Waals surface area (Å²) in [6.45, 7) is 2.35. The van der Waals surface area contributed by atoms with Crippen molar-refractivity contribution in [1.29, 1.82) is 0 Å². The third-order valence-corrected chi connectivity index (χ3v) is 2.61. The van der Waals surface area contributed by atoms with Crippen LogP contribution in [0.15, 0.2) is 22.8 Å². The number of halogens is 2. The van der Waals surface area contributed by atoms with Gasteiger partial charge in [-0.1, -0.05) is 0 Å². The van der Waals surface area contributed by atoms with Gasteiger partial charge in [-0.25, -0.2) is 4.98 Å². The number of carbonyl (C=O) groups is 1. The molecule has 5 heteroatoms. The Bertz CT molecular complexity index is 357. The molecule has 0 aliphatic heterocycles. The van der Waals surface area contributed by atoms with Gasteiger partial charge in [0.25, 0.3) is 5.91 Å². The summed E-state index contributed by atoms with van der Waals surface area (Å²) in [4.78, 5) is 17.5. The van der Waals surface area contributed by atoms with Gasteiger partial charge < -0.3 is 4.90 Å². The number of amides is 1. The number of hydrogen-bond acceptors (Lipinski definition) is 2. The molecular formula is C10H12BrClN2O. The fourth-order valence-corrected chi connectivity index (χ4v) is 1.82. The first-order valence-electron chi connectivity index (χ1n) is 4.52. The van der Waals surface area contributed by atoms with Crippen molar-refractivity contribution in [3.05, 3.63) is 28.5 Å². The number of alkyl halides is 1. The standard InChI is InChI=1S/C10H12BrClN2O/c1-7(12)6-14(2)10(15)9-8(11)4-3-5-13-9/h3-5,7H,6H2,1-2H3. The number of carbonyl (C=O) groups excluding carboxylic acids is 1. The zero-order valence-corrected chi connectivity index (χ0v) is 10.9. The largest absolute Gasteiger partial charge is 0.339 e. The molecule has 1 atom stereocenters. The highest BCUT2D eigenvalue weighted by atomic mass is 79.9. The van der Waals surface area contributed by atoms with Crippen LogP contribution in [0.4, 0.5) is 0 Å². The van der Waals surface area contributed by atoms with Gasteiger partial charge >= 0.3 is 0 Å². The second-order valence-corrected chi connectivity index (χ2v) is 4.90. The smallest absolute Gasteiger partial charge is 0.273 e. The monoisotopic (exact) mass is 290 g/mol. The highest BCUT2D eigenvalue weighted by Crippen LogP contribution is 2.15. The maximum absolute atomic E-state index is 11.9. The van der Waals surface area contributed by atoms with E-state index in [0.717, 1.165) is 0 Å². The lowest BCUT2D eigenvalue weighted by atomic mass is 10.3. The Morgan fingerprint density at radius 2 is 2.40 bits per heavy atom. The second-order valence-electron chi connectivity index (χ2n) is 3.30. The minimum atomic E-state index is -0.130. The van der Waals surface area contributed by atoms with Crippen molar-refractivity contribution >= 4 is 33.4 Å². The lowest BCUT2D eigenvalue weighted by molar-refractivity contribution is 0.0789. The molecule has 1 aromatic rings. The minimum Gasteiger partial charge on any atom is -0.339 e. The molecule has 15 heavy (non-hydrogen) atoms. The Labute approximate surface area is 103 Å². The summed E-state index contributed by atoms with van der Waals surface area (Å²) in [5.41, 5.74) is 0.414. The fourth-order valence-electron chi connectivity index (χ4n) is 1.18. The van der Waals surface area contributed by atoms with E-state index in [-0.39, 0.29) is 11.3 Å². The topological polar surface area (TPSA) is 33.2 Å². The van der Waals surface area contributed by atoms with Crippen LogP contribution in [-0.2, 0) is 0 Å². The Morgan fingerprint density at radius 3 is 2.93 bits per heavy atom. The first-order chi connectivity index (χ1) is 7.02. The van der Waals surface area contributed by atoms with E-state index in [9.17, 15) is 4.79 Å². The Balaban J connectivity index is 2.81. The molecule has 0 saturated heterocycles. The summed E-state index contributed by atoms with van der Waals surface area (Å²) < 4.78 is 0.698. The van der Waals surface area contributed by atoms with E-state index in [1.54, 1.807) is 30.3 Å². The fraction of sp³-hybridized carbons (Fsp3) is 0.400. The van der Waals surface area contributed by atoms with Crippen LogP contribution in [0, 0.1) is 0 Å².